The van der Waals surface area contributed by atoms with Crippen LogP contribution in [-0.4, -0.2) is 21.3 Å². The van der Waals surface area contributed by atoms with Crippen LogP contribution in [0.15, 0.2) is 24.5 Å². The highest BCUT2D eigenvalue weighted by molar-refractivity contribution is 5.40. The quantitative estimate of drug-likeness (QED) is 0.886. The molecular formula is C17H24N4. The van der Waals surface area contributed by atoms with E-state index < -0.39 is 0 Å². The summed E-state index contributed by atoms with van der Waals surface area (Å²) in [6.07, 6.45) is 6.62. The summed E-state index contributed by atoms with van der Waals surface area (Å²) in [5.41, 5.74) is 4.60. The van der Waals surface area contributed by atoms with E-state index in [0.29, 0.717) is 11.8 Å². The van der Waals surface area contributed by atoms with Crippen molar-refractivity contribution in [1.29, 1.82) is 0 Å². The molecule has 0 aromatic carbocycles. The Labute approximate surface area is 126 Å². The van der Waals surface area contributed by atoms with Crippen LogP contribution in [0.25, 0.3) is 5.69 Å². The predicted octanol–water partition coefficient (Wildman–Crippen LogP) is 3.20. The molecule has 4 heteroatoms. The topological polar surface area (TPSA) is 42.7 Å². The summed E-state index contributed by atoms with van der Waals surface area (Å²) in [6, 6.07) is 4.27. The molecule has 1 fully saturated rings. The molecule has 0 amide bonds. The van der Waals surface area contributed by atoms with Gasteiger partial charge in [0.2, 0.25) is 0 Å². The second-order valence-electron chi connectivity index (χ2n) is 6.44. The lowest BCUT2D eigenvalue weighted by Gasteiger charge is -2.12. The van der Waals surface area contributed by atoms with Crippen molar-refractivity contribution in [3.63, 3.8) is 0 Å². The molecule has 0 spiro atoms. The third-order valence-corrected chi connectivity index (χ3v) is 3.82. The van der Waals surface area contributed by atoms with Crippen LogP contribution in [0.1, 0.15) is 49.6 Å². The molecule has 0 saturated heterocycles. The van der Waals surface area contributed by atoms with E-state index in [1.807, 2.05) is 17.8 Å². The van der Waals surface area contributed by atoms with Gasteiger partial charge in [0, 0.05) is 36.1 Å². The van der Waals surface area contributed by atoms with Crippen molar-refractivity contribution in [2.75, 3.05) is 6.54 Å². The van der Waals surface area contributed by atoms with Crippen LogP contribution in [-0.2, 0) is 6.54 Å². The number of aromatic nitrogens is 3. The summed E-state index contributed by atoms with van der Waals surface area (Å²) in [4.78, 5) is 4.44. The van der Waals surface area contributed by atoms with E-state index in [2.05, 4.69) is 42.5 Å². The second kappa shape index (κ2) is 5.98. The molecule has 0 unspecified atom stereocenters. The minimum atomic E-state index is 0.651. The summed E-state index contributed by atoms with van der Waals surface area (Å²) in [5, 5.41) is 8.24. The maximum Gasteiger partial charge on any atom is 0.0724 e. The smallest absolute Gasteiger partial charge is 0.0724 e. The van der Waals surface area contributed by atoms with E-state index in [1.54, 1.807) is 0 Å². The number of pyridine rings is 1. The third kappa shape index (κ3) is 3.50. The standard InChI is InChI=1S/C17H24N4/c1-12(2)9-18-10-15-11-19-13(3)8-17(15)21-7-6-16(20-21)14-4-5-14/h6-8,11-12,14,18H,4-5,9-10H2,1-3H3. The van der Waals surface area contributed by atoms with Crippen LogP contribution in [0.4, 0.5) is 0 Å². The van der Waals surface area contributed by atoms with Gasteiger partial charge in [-0.25, -0.2) is 4.68 Å². The number of hydrogen-bond donors (Lipinski definition) is 1. The molecule has 0 aliphatic heterocycles. The van der Waals surface area contributed by atoms with E-state index >= 15 is 0 Å². The zero-order valence-electron chi connectivity index (χ0n) is 13.1. The van der Waals surface area contributed by atoms with Crippen molar-refractivity contribution in [3.8, 4) is 5.69 Å². The van der Waals surface area contributed by atoms with Crippen LogP contribution in [0.3, 0.4) is 0 Å². The SMILES string of the molecule is Cc1cc(-n2ccc(C3CC3)n2)c(CNCC(C)C)cn1. The molecule has 1 N–H and O–H groups in total. The molecule has 2 heterocycles. The van der Waals surface area contributed by atoms with Crippen molar-refractivity contribution >= 4 is 0 Å². The first kappa shape index (κ1) is 14.3. The lowest BCUT2D eigenvalue weighted by Crippen LogP contribution is -2.20. The Morgan fingerprint density at radius 2 is 2.19 bits per heavy atom. The molecule has 0 atom stereocenters. The van der Waals surface area contributed by atoms with Crippen molar-refractivity contribution in [3.05, 3.63) is 41.5 Å². The molecule has 0 bridgehead atoms. The van der Waals surface area contributed by atoms with Gasteiger partial charge in [0.05, 0.1) is 11.4 Å². The average Bonchev–Trinajstić information content (AvgIpc) is 3.18. The predicted molar refractivity (Wildman–Crippen MR) is 84.6 cm³/mol. The van der Waals surface area contributed by atoms with Crippen LogP contribution >= 0.6 is 0 Å². The van der Waals surface area contributed by atoms with Crippen LogP contribution in [0, 0.1) is 12.8 Å². The Bertz CT molecular complexity index is 611. The zero-order valence-corrected chi connectivity index (χ0v) is 13.1. The van der Waals surface area contributed by atoms with Crippen LogP contribution in [0.2, 0.25) is 0 Å². The molecule has 21 heavy (non-hydrogen) atoms. The molecule has 112 valence electrons. The summed E-state index contributed by atoms with van der Waals surface area (Å²) in [6.45, 7) is 8.31. The van der Waals surface area contributed by atoms with E-state index in [9.17, 15) is 0 Å². The molecule has 2 aromatic heterocycles. The third-order valence-electron chi connectivity index (χ3n) is 3.82. The first-order chi connectivity index (χ1) is 10.1. The Balaban J connectivity index is 1.82. The van der Waals surface area contributed by atoms with E-state index in [0.717, 1.165) is 24.5 Å². The van der Waals surface area contributed by atoms with Gasteiger partial charge in [-0.2, -0.15) is 5.10 Å². The van der Waals surface area contributed by atoms with Gasteiger partial charge in [-0.3, -0.25) is 4.98 Å². The largest absolute Gasteiger partial charge is 0.312 e. The Hall–Kier alpha value is -1.68. The van der Waals surface area contributed by atoms with Crippen molar-refractivity contribution < 1.29 is 0 Å². The van der Waals surface area contributed by atoms with Gasteiger partial charge in [-0.15, -0.1) is 0 Å². The van der Waals surface area contributed by atoms with Gasteiger partial charge in [0.1, 0.15) is 0 Å². The Kier molecular flexibility index (Phi) is 4.06. The normalized spacial score (nSPS) is 14.9. The van der Waals surface area contributed by atoms with Gasteiger partial charge >= 0.3 is 0 Å². The first-order valence-electron chi connectivity index (χ1n) is 7.85. The van der Waals surface area contributed by atoms with Gasteiger partial charge in [0.15, 0.2) is 0 Å². The van der Waals surface area contributed by atoms with E-state index in [4.69, 9.17) is 5.10 Å². The fourth-order valence-electron chi connectivity index (χ4n) is 2.49. The summed E-state index contributed by atoms with van der Waals surface area (Å²) in [5.74, 6) is 1.34. The van der Waals surface area contributed by atoms with Gasteiger partial charge in [-0.05, 0) is 44.4 Å². The van der Waals surface area contributed by atoms with Crippen LogP contribution in [0.5, 0.6) is 0 Å². The molecule has 0 radical (unpaired) electrons. The highest BCUT2D eigenvalue weighted by Crippen LogP contribution is 2.39. The van der Waals surface area contributed by atoms with Crippen molar-refractivity contribution in [1.82, 2.24) is 20.1 Å². The van der Waals surface area contributed by atoms with Gasteiger partial charge < -0.3 is 5.32 Å². The number of nitrogens with one attached hydrogen (secondary N) is 1. The first-order valence-corrected chi connectivity index (χ1v) is 7.85. The second-order valence-corrected chi connectivity index (χ2v) is 6.44. The Morgan fingerprint density at radius 3 is 2.90 bits per heavy atom. The number of nitrogens with zero attached hydrogens (tertiary/aromatic N) is 3. The molecular weight excluding hydrogens is 260 g/mol. The number of rotatable bonds is 6. The lowest BCUT2D eigenvalue weighted by molar-refractivity contribution is 0.550. The maximum absolute atomic E-state index is 4.75. The van der Waals surface area contributed by atoms with Gasteiger partial charge in [0.25, 0.3) is 0 Å². The summed E-state index contributed by atoms with van der Waals surface area (Å²) >= 11 is 0. The number of hydrogen-bond acceptors (Lipinski definition) is 3. The van der Waals surface area contributed by atoms with Crippen LogP contribution < -0.4 is 5.32 Å². The van der Waals surface area contributed by atoms with E-state index in [1.165, 1.54) is 24.1 Å². The maximum atomic E-state index is 4.75. The minimum Gasteiger partial charge on any atom is -0.312 e. The highest BCUT2D eigenvalue weighted by atomic mass is 15.3. The van der Waals surface area contributed by atoms with Gasteiger partial charge in [-0.1, -0.05) is 13.8 Å². The molecule has 3 rings (SSSR count). The molecule has 1 saturated carbocycles. The minimum absolute atomic E-state index is 0.651. The molecule has 1 aliphatic carbocycles. The average molecular weight is 284 g/mol. The lowest BCUT2D eigenvalue weighted by atomic mass is 10.2. The Morgan fingerprint density at radius 1 is 1.38 bits per heavy atom. The summed E-state index contributed by atoms with van der Waals surface area (Å²) < 4.78 is 2.01. The summed E-state index contributed by atoms with van der Waals surface area (Å²) in [7, 11) is 0. The van der Waals surface area contributed by atoms with Crippen molar-refractivity contribution in [2.24, 2.45) is 5.92 Å². The fourth-order valence-corrected chi connectivity index (χ4v) is 2.49. The monoisotopic (exact) mass is 284 g/mol. The zero-order chi connectivity index (χ0) is 14.8. The number of aryl methyl sites for hydroxylation is 1. The highest BCUT2D eigenvalue weighted by Gasteiger charge is 2.26. The molecule has 1 aliphatic rings. The van der Waals surface area contributed by atoms with E-state index in [-0.39, 0.29) is 0 Å². The molecule has 4 nitrogen and oxygen atoms in total. The van der Waals surface area contributed by atoms with Crippen molar-refractivity contribution in [2.45, 2.75) is 46.1 Å². The fraction of sp³-hybridized carbons (Fsp3) is 0.529. The molecule has 2 aromatic rings.